The third-order valence-corrected chi connectivity index (χ3v) is 4.72. The van der Waals surface area contributed by atoms with E-state index in [9.17, 15) is 18.0 Å². The Labute approximate surface area is 154 Å². The fraction of sp³-hybridized carbons (Fsp3) is 0.500. The number of nitrogens with one attached hydrogen (secondary N) is 1. The summed E-state index contributed by atoms with van der Waals surface area (Å²) in [5.74, 6) is -0.0770. The quantitative estimate of drug-likeness (QED) is 0.863. The van der Waals surface area contributed by atoms with Crippen molar-refractivity contribution in [2.24, 2.45) is 0 Å². The van der Waals surface area contributed by atoms with Gasteiger partial charge in [0.25, 0.3) is 0 Å². The van der Waals surface area contributed by atoms with Gasteiger partial charge in [-0.1, -0.05) is 0 Å². The van der Waals surface area contributed by atoms with Crippen LogP contribution in [0.1, 0.15) is 35.4 Å². The standard InChI is InChI=1S/C18H21F3N4O2/c1-11-15(12(2)24-23-11)3-4-17(26)25-8-6-14(10-25)27-16-9-13(5-7-22-16)18(19,20)21/h5,7,9,14H,3-4,6,8,10H2,1-2H3,(H,23,24)/t14-/m0/s1. The molecule has 2 aromatic heterocycles. The van der Waals surface area contributed by atoms with Crippen LogP contribution in [0.3, 0.4) is 0 Å². The van der Waals surface area contributed by atoms with Crippen LogP contribution in [0.2, 0.25) is 0 Å². The molecule has 9 heteroatoms. The molecular formula is C18H21F3N4O2. The van der Waals surface area contributed by atoms with Gasteiger partial charge in [-0.2, -0.15) is 18.3 Å². The number of likely N-dealkylation sites (tertiary alicyclic amines) is 1. The van der Waals surface area contributed by atoms with Crippen LogP contribution >= 0.6 is 0 Å². The molecule has 0 spiro atoms. The van der Waals surface area contributed by atoms with Crippen molar-refractivity contribution in [2.45, 2.75) is 45.4 Å². The lowest BCUT2D eigenvalue weighted by Gasteiger charge is -2.17. The monoisotopic (exact) mass is 382 g/mol. The van der Waals surface area contributed by atoms with E-state index in [1.54, 1.807) is 4.90 Å². The molecule has 1 atom stereocenters. The first kappa shape index (κ1) is 19.2. The number of amides is 1. The minimum Gasteiger partial charge on any atom is -0.472 e. The van der Waals surface area contributed by atoms with Crippen LogP contribution in [0.25, 0.3) is 0 Å². The summed E-state index contributed by atoms with van der Waals surface area (Å²) in [6.07, 6.45) is -2.21. The molecule has 0 aliphatic carbocycles. The number of aromatic nitrogens is 3. The summed E-state index contributed by atoms with van der Waals surface area (Å²) in [6.45, 7) is 4.68. The Kier molecular flexibility index (Phi) is 5.38. The topological polar surface area (TPSA) is 71.1 Å². The highest BCUT2D eigenvalue weighted by atomic mass is 19.4. The minimum absolute atomic E-state index is 0.00176. The lowest BCUT2D eigenvalue weighted by atomic mass is 10.1. The van der Waals surface area contributed by atoms with Crippen molar-refractivity contribution >= 4 is 5.91 Å². The molecule has 3 rings (SSSR count). The Balaban J connectivity index is 1.53. The summed E-state index contributed by atoms with van der Waals surface area (Å²) in [6, 6.07) is 1.78. The number of nitrogens with zero attached hydrogens (tertiary/aromatic N) is 3. The van der Waals surface area contributed by atoms with Crippen LogP contribution in [-0.2, 0) is 17.4 Å². The van der Waals surface area contributed by atoms with Crippen molar-refractivity contribution in [1.82, 2.24) is 20.1 Å². The van der Waals surface area contributed by atoms with Gasteiger partial charge in [0.15, 0.2) is 0 Å². The Hall–Kier alpha value is -2.58. The first-order valence-electron chi connectivity index (χ1n) is 8.72. The van der Waals surface area contributed by atoms with Crippen molar-refractivity contribution in [3.05, 3.63) is 40.8 Å². The van der Waals surface area contributed by atoms with E-state index in [-0.39, 0.29) is 17.9 Å². The number of pyridine rings is 1. The zero-order chi connectivity index (χ0) is 19.6. The van der Waals surface area contributed by atoms with Crippen LogP contribution in [0.15, 0.2) is 18.3 Å². The summed E-state index contributed by atoms with van der Waals surface area (Å²) in [5, 5.41) is 7.02. The van der Waals surface area contributed by atoms with Crippen molar-refractivity contribution in [3.8, 4) is 5.88 Å². The van der Waals surface area contributed by atoms with Gasteiger partial charge in [-0.25, -0.2) is 4.98 Å². The van der Waals surface area contributed by atoms with Crippen molar-refractivity contribution in [2.75, 3.05) is 13.1 Å². The fourth-order valence-corrected chi connectivity index (χ4v) is 3.20. The average Bonchev–Trinajstić information content (AvgIpc) is 3.20. The highest BCUT2D eigenvalue weighted by Gasteiger charge is 2.32. The lowest BCUT2D eigenvalue weighted by Crippen LogP contribution is -2.31. The Bertz CT molecular complexity index is 800. The number of aromatic amines is 1. The molecule has 1 fully saturated rings. The number of halogens is 3. The highest BCUT2D eigenvalue weighted by Crippen LogP contribution is 2.31. The van der Waals surface area contributed by atoms with E-state index >= 15 is 0 Å². The predicted octanol–water partition coefficient (Wildman–Crippen LogP) is 3.05. The normalized spacial score (nSPS) is 17.4. The van der Waals surface area contributed by atoms with Crippen LogP contribution in [0.4, 0.5) is 13.2 Å². The summed E-state index contributed by atoms with van der Waals surface area (Å²) >= 11 is 0. The van der Waals surface area contributed by atoms with Gasteiger partial charge in [-0.05, 0) is 31.9 Å². The number of carbonyl (C=O) groups excluding carboxylic acids is 1. The van der Waals surface area contributed by atoms with Gasteiger partial charge >= 0.3 is 6.18 Å². The number of hydrogen-bond donors (Lipinski definition) is 1. The molecule has 2 aromatic rings. The number of hydrogen-bond acceptors (Lipinski definition) is 4. The summed E-state index contributed by atoms with van der Waals surface area (Å²) < 4.78 is 43.9. The molecular weight excluding hydrogens is 361 g/mol. The maximum absolute atomic E-state index is 12.8. The van der Waals surface area contributed by atoms with E-state index < -0.39 is 11.7 Å². The predicted molar refractivity (Wildman–Crippen MR) is 91.2 cm³/mol. The number of H-pyrrole nitrogens is 1. The smallest absolute Gasteiger partial charge is 0.416 e. The largest absolute Gasteiger partial charge is 0.472 e. The van der Waals surface area contributed by atoms with Gasteiger partial charge in [-0.3, -0.25) is 9.89 Å². The molecule has 3 heterocycles. The first-order valence-corrected chi connectivity index (χ1v) is 8.72. The third kappa shape index (κ3) is 4.58. The van der Waals surface area contributed by atoms with E-state index in [0.29, 0.717) is 32.4 Å². The molecule has 0 radical (unpaired) electrons. The maximum atomic E-state index is 12.8. The lowest BCUT2D eigenvalue weighted by molar-refractivity contribution is -0.137. The molecule has 1 N–H and O–H groups in total. The number of ether oxygens (including phenoxy) is 1. The van der Waals surface area contributed by atoms with Gasteiger partial charge in [0.2, 0.25) is 11.8 Å². The summed E-state index contributed by atoms with van der Waals surface area (Å²) in [7, 11) is 0. The molecule has 1 aliphatic heterocycles. The van der Waals surface area contributed by atoms with E-state index in [0.717, 1.165) is 35.3 Å². The Morgan fingerprint density at radius 2 is 2.19 bits per heavy atom. The molecule has 146 valence electrons. The summed E-state index contributed by atoms with van der Waals surface area (Å²) in [5.41, 5.74) is 2.09. The number of carbonyl (C=O) groups is 1. The van der Waals surface area contributed by atoms with Gasteiger partial charge < -0.3 is 9.64 Å². The molecule has 27 heavy (non-hydrogen) atoms. The third-order valence-electron chi connectivity index (χ3n) is 4.72. The van der Waals surface area contributed by atoms with E-state index in [1.807, 2.05) is 13.8 Å². The minimum atomic E-state index is -4.44. The summed E-state index contributed by atoms with van der Waals surface area (Å²) in [4.78, 5) is 17.9. The molecule has 0 aromatic carbocycles. The zero-order valence-electron chi connectivity index (χ0n) is 15.1. The average molecular weight is 382 g/mol. The van der Waals surface area contributed by atoms with Crippen LogP contribution in [0, 0.1) is 13.8 Å². The fourth-order valence-electron chi connectivity index (χ4n) is 3.20. The van der Waals surface area contributed by atoms with Crippen molar-refractivity contribution in [1.29, 1.82) is 0 Å². The highest BCUT2D eigenvalue weighted by molar-refractivity contribution is 5.76. The SMILES string of the molecule is Cc1n[nH]c(C)c1CCC(=O)N1CC[C@H](Oc2cc(C(F)(F)F)ccn2)C1. The van der Waals surface area contributed by atoms with Crippen LogP contribution in [0.5, 0.6) is 5.88 Å². The van der Waals surface area contributed by atoms with Gasteiger partial charge in [0, 0.05) is 37.3 Å². The van der Waals surface area contributed by atoms with E-state index in [2.05, 4.69) is 15.2 Å². The number of alkyl halides is 3. The molecule has 0 bridgehead atoms. The molecule has 1 amide bonds. The van der Waals surface area contributed by atoms with Gasteiger partial charge in [-0.15, -0.1) is 0 Å². The number of aryl methyl sites for hydroxylation is 2. The van der Waals surface area contributed by atoms with Crippen LogP contribution in [-0.4, -0.2) is 45.2 Å². The number of rotatable bonds is 5. The molecule has 0 unspecified atom stereocenters. The second kappa shape index (κ2) is 7.58. The Morgan fingerprint density at radius 3 is 2.85 bits per heavy atom. The molecule has 1 aliphatic rings. The van der Waals surface area contributed by atoms with Crippen LogP contribution < -0.4 is 4.74 Å². The zero-order valence-corrected chi connectivity index (χ0v) is 15.1. The second-order valence-corrected chi connectivity index (χ2v) is 6.66. The molecule has 6 nitrogen and oxygen atoms in total. The van der Waals surface area contributed by atoms with Gasteiger partial charge in [0.05, 0.1) is 17.8 Å². The van der Waals surface area contributed by atoms with Crippen molar-refractivity contribution in [3.63, 3.8) is 0 Å². The van der Waals surface area contributed by atoms with Crippen molar-refractivity contribution < 1.29 is 22.7 Å². The van der Waals surface area contributed by atoms with Gasteiger partial charge in [0.1, 0.15) is 6.10 Å². The van der Waals surface area contributed by atoms with E-state index in [1.165, 1.54) is 0 Å². The second-order valence-electron chi connectivity index (χ2n) is 6.66. The first-order chi connectivity index (χ1) is 12.7. The molecule has 0 saturated carbocycles. The molecule has 1 saturated heterocycles. The Morgan fingerprint density at radius 1 is 1.41 bits per heavy atom. The maximum Gasteiger partial charge on any atom is 0.416 e. The van der Waals surface area contributed by atoms with E-state index in [4.69, 9.17) is 4.74 Å².